The third-order valence-electron chi connectivity index (χ3n) is 2.56. The van der Waals surface area contributed by atoms with E-state index in [0.717, 1.165) is 0 Å². The van der Waals surface area contributed by atoms with Crippen molar-refractivity contribution in [2.75, 3.05) is 37.0 Å². The first kappa shape index (κ1) is 16.3. The summed E-state index contributed by atoms with van der Waals surface area (Å²) in [5, 5.41) is 2.92. The Bertz CT molecular complexity index is 572. The molecule has 0 aliphatic heterocycles. The second-order valence-corrected chi connectivity index (χ2v) is 6.02. The summed E-state index contributed by atoms with van der Waals surface area (Å²) in [5.41, 5.74) is 6.88. The van der Waals surface area contributed by atoms with Crippen LogP contribution in [0.15, 0.2) is 18.2 Å². The second kappa shape index (κ2) is 7.11. The third kappa shape index (κ3) is 4.71. The Labute approximate surface area is 118 Å². The van der Waals surface area contributed by atoms with Crippen LogP contribution in [-0.4, -0.2) is 40.3 Å². The van der Waals surface area contributed by atoms with Gasteiger partial charge in [-0.15, -0.1) is 0 Å². The number of nitrogens with one attached hydrogen (secondary N) is 2. The molecule has 0 heterocycles. The van der Waals surface area contributed by atoms with Gasteiger partial charge in [-0.25, -0.2) is 17.9 Å². The summed E-state index contributed by atoms with van der Waals surface area (Å²) in [4.78, 5) is 11.7. The fraction of sp³-hybridized carbons (Fsp3) is 0.417. The largest absolute Gasteiger partial charge is 0.462 e. The van der Waals surface area contributed by atoms with Gasteiger partial charge in [0.15, 0.2) is 0 Å². The number of rotatable bonds is 7. The van der Waals surface area contributed by atoms with Gasteiger partial charge in [0.2, 0.25) is 10.0 Å². The monoisotopic (exact) mass is 301 g/mol. The predicted molar refractivity (Wildman–Crippen MR) is 78.1 cm³/mol. The zero-order chi connectivity index (χ0) is 15.2. The molecule has 0 saturated heterocycles. The molecule has 20 heavy (non-hydrogen) atoms. The Morgan fingerprint density at radius 2 is 2.10 bits per heavy atom. The SMILES string of the molecule is CCOC(=O)c1cc(NCCS(=O)(=O)NC)ccc1N. The molecule has 1 rings (SSSR count). The van der Waals surface area contributed by atoms with Crippen molar-refractivity contribution >= 4 is 27.4 Å². The van der Waals surface area contributed by atoms with E-state index in [2.05, 4.69) is 10.0 Å². The normalized spacial score (nSPS) is 11.1. The molecule has 0 aromatic heterocycles. The van der Waals surface area contributed by atoms with E-state index in [-0.39, 0.29) is 24.5 Å². The molecular formula is C12H19N3O4S. The molecule has 0 fully saturated rings. The number of nitrogens with two attached hydrogens (primary N) is 1. The van der Waals surface area contributed by atoms with Crippen LogP contribution in [0.1, 0.15) is 17.3 Å². The van der Waals surface area contributed by atoms with Gasteiger partial charge in [0, 0.05) is 17.9 Å². The molecule has 1 aromatic rings. The molecule has 4 N–H and O–H groups in total. The molecule has 0 saturated carbocycles. The van der Waals surface area contributed by atoms with E-state index in [4.69, 9.17) is 10.5 Å². The molecule has 0 amide bonds. The number of anilines is 2. The van der Waals surface area contributed by atoms with Crippen LogP contribution in [0.2, 0.25) is 0 Å². The van der Waals surface area contributed by atoms with Crippen molar-refractivity contribution in [1.82, 2.24) is 4.72 Å². The van der Waals surface area contributed by atoms with Crippen LogP contribution >= 0.6 is 0 Å². The van der Waals surface area contributed by atoms with E-state index in [1.807, 2.05) is 0 Å². The van der Waals surface area contributed by atoms with E-state index in [9.17, 15) is 13.2 Å². The number of sulfonamides is 1. The quantitative estimate of drug-likeness (QED) is 0.497. The van der Waals surface area contributed by atoms with E-state index in [0.29, 0.717) is 11.4 Å². The highest BCUT2D eigenvalue weighted by Crippen LogP contribution is 2.18. The lowest BCUT2D eigenvalue weighted by Gasteiger charge is -2.10. The fourth-order valence-corrected chi connectivity index (χ4v) is 2.06. The van der Waals surface area contributed by atoms with Crippen LogP contribution < -0.4 is 15.8 Å². The van der Waals surface area contributed by atoms with Gasteiger partial charge in [0.05, 0.1) is 17.9 Å². The number of carbonyl (C=O) groups excluding carboxylic acids is 1. The van der Waals surface area contributed by atoms with Crippen molar-refractivity contribution in [1.29, 1.82) is 0 Å². The first-order chi connectivity index (χ1) is 9.39. The topological polar surface area (TPSA) is 111 Å². The number of benzene rings is 1. The first-order valence-electron chi connectivity index (χ1n) is 6.11. The minimum atomic E-state index is -3.26. The number of esters is 1. The van der Waals surface area contributed by atoms with E-state index in [1.54, 1.807) is 25.1 Å². The second-order valence-electron chi connectivity index (χ2n) is 3.97. The lowest BCUT2D eigenvalue weighted by atomic mass is 10.1. The van der Waals surface area contributed by atoms with Crippen LogP contribution in [0.3, 0.4) is 0 Å². The number of hydrogen-bond acceptors (Lipinski definition) is 6. The van der Waals surface area contributed by atoms with E-state index in [1.165, 1.54) is 7.05 Å². The summed E-state index contributed by atoms with van der Waals surface area (Å²) in [7, 11) is -1.90. The molecule has 0 bridgehead atoms. The number of hydrogen-bond donors (Lipinski definition) is 3. The zero-order valence-corrected chi connectivity index (χ0v) is 12.3. The number of ether oxygens (including phenoxy) is 1. The highest BCUT2D eigenvalue weighted by Gasteiger charge is 2.12. The van der Waals surface area contributed by atoms with E-state index < -0.39 is 16.0 Å². The molecular weight excluding hydrogens is 282 g/mol. The fourth-order valence-electron chi connectivity index (χ4n) is 1.48. The van der Waals surface area contributed by atoms with Gasteiger partial charge in [-0.05, 0) is 32.2 Å². The standard InChI is InChI=1S/C12H19N3O4S/c1-3-19-12(16)10-8-9(4-5-11(10)13)15-6-7-20(17,18)14-2/h4-5,8,14-15H,3,6-7,13H2,1-2H3. The molecule has 0 radical (unpaired) electrons. The Morgan fingerprint density at radius 1 is 1.40 bits per heavy atom. The van der Waals surface area contributed by atoms with Crippen LogP contribution in [0.25, 0.3) is 0 Å². The maximum Gasteiger partial charge on any atom is 0.340 e. The molecule has 0 atom stereocenters. The average Bonchev–Trinajstić information content (AvgIpc) is 2.40. The van der Waals surface area contributed by atoms with Crippen LogP contribution in [-0.2, 0) is 14.8 Å². The summed E-state index contributed by atoms with van der Waals surface area (Å²) >= 11 is 0. The minimum absolute atomic E-state index is 0.0668. The lowest BCUT2D eigenvalue weighted by molar-refractivity contribution is 0.0527. The molecule has 8 heteroatoms. The highest BCUT2D eigenvalue weighted by molar-refractivity contribution is 7.89. The van der Waals surface area contributed by atoms with Gasteiger partial charge in [0.25, 0.3) is 0 Å². The molecule has 7 nitrogen and oxygen atoms in total. The first-order valence-corrected chi connectivity index (χ1v) is 7.76. The Balaban J connectivity index is 2.73. The summed E-state index contributed by atoms with van der Waals surface area (Å²) in [6.07, 6.45) is 0. The minimum Gasteiger partial charge on any atom is -0.462 e. The summed E-state index contributed by atoms with van der Waals surface area (Å²) in [6.45, 7) is 2.19. The van der Waals surface area contributed by atoms with Crippen molar-refractivity contribution in [2.45, 2.75) is 6.92 Å². The van der Waals surface area contributed by atoms with Crippen molar-refractivity contribution < 1.29 is 17.9 Å². The van der Waals surface area contributed by atoms with Crippen LogP contribution in [0.5, 0.6) is 0 Å². The Morgan fingerprint density at radius 3 is 2.70 bits per heavy atom. The maximum atomic E-state index is 11.7. The molecule has 0 aliphatic rings. The molecule has 112 valence electrons. The molecule has 0 unspecified atom stereocenters. The Kier molecular flexibility index (Phi) is 5.78. The van der Waals surface area contributed by atoms with Crippen molar-refractivity contribution in [3.05, 3.63) is 23.8 Å². The van der Waals surface area contributed by atoms with Crippen LogP contribution in [0.4, 0.5) is 11.4 Å². The van der Waals surface area contributed by atoms with Crippen LogP contribution in [0, 0.1) is 0 Å². The zero-order valence-electron chi connectivity index (χ0n) is 11.5. The summed E-state index contributed by atoms with van der Waals surface area (Å²) < 4.78 is 29.6. The van der Waals surface area contributed by atoms with Crippen molar-refractivity contribution in [2.24, 2.45) is 0 Å². The van der Waals surface area contributed by atoms with Gasteiger partial charge in [-0.2, -0.15) is 0 Å². The highest BCUT2D eigenvalue weighted by atomic mass is 32.2. The summed E-state index contributed by atoms with van der Waals surface area (Å²) in [5.74, 6) is -0.570. The number of nitrogen functional groups attached to an aromatic ring is 1. The van der Waals surface area contributed by atoms with Gasteiger partial charge in [-0.3, -0.25) is 0 Å². The summed E-state index contributed by atoms with van der Waals surface area (Å²) in [6, 6.07) is 4.78. The van der Waals surface area contributed by atoms with E-state index >= 15 is 0 Å². The predicted octanol–water partition coefficient (Wildman–Crippen LogP) is 0.407. The van der Waals surface area contributed by atoms with Crippen molar-refractivity contribution in [3.63, 3.8) is 0 Å². The van der Waals surface area contributed by atoms with Gasteiger partial charge < -0.3 is 15.8 Å². The molecule has 1 aromatic carbocycles. The molecule has 0 spiro atoms. The lowest BCUT2D eigenvalue weighted by Crippen LogP contribution is -2.26. The smallest absolute Gasteiger partial charge is 0.340 e. The third-order valence-corrected chi connectivity index (χ3v) is 3.92. The van der Waals surface area contributed by atoms with Gasteiger partial charge in [0.1, 0.15) is 0 Å². The van der Waals surface area contributed by atoms with Gasteiger partial charge in [-0.1, -0.05) is 0 Å². The maximum absolute atomic E-state index is 11.7. The molecule has 0 aliphatic carbocycles. The average molecular weight is 301 g/mol. The van der Waals surface area contributed by atoms with Crippen molar-refractivity contribution in [3.8, 4) is 0 Å². The number of carbonyl (C=O) groups is 1. The Hall–Kier alpha value is -1.80. The van der Waals surface area contributed by atoms with Gasteiger partial charge >= 0.3 is 5.97 Å².